The molecule has 0 aliphatic carbocycles. The number of nitrogens with zero attached hydrogens (tertiary/aromatic N) is 2. The lowest BCUT2D eigenvalue weighted by molar-refractivity contribution is -0.137. The lowest BCUT2D eigenvalue weighted by Gasteiger charge is -2.37. The minimum atomic E-state index is -0.967. The molecule has 1 atom stereocenters. The summed E-state index contributed by atoms with van der Waals surface area (Å²) in [5.41, 5.74) is 0. The van der Waals surface area contributed by atoms with Crippen LogP contribution in [0.25, 0.3) is 0 Å². The molecule has 8 heteroatoms. The molecule has 1 unspecified atom stereocenters. The van der Waals surface area contributed by atoms with Gasteiger partial charge in [-0.15, -0.1) is 0 Å². The number of carboxylic acid groups (broad SMARTS) is 1. The number of rotatable bonds is 5. The molecule has 1 heterocycles. The third-order valence-electron chi connectivity index (χ3n) is 3.10. The van der Waals surface area contributed by atoms with Crippen molar-refractivity contribution in [1.82, 2.24) is 15.1 Å². The normalized spacial score (nSPS) is 18.5. The number of morpholine rings is 1. The van der Waals surface area contributed by atoms with Crippen molar-refractivity contribution in [3.63, 3.8) is 0 Å². The molecule has 3 amide bonds. The van der Waals surface area contributed by atoms with Gasteiger partial charge in [-0.2, -0.15) is 0 Å². The Morgan fingerprint density at radius 3 is 2.67 bits per heavy atom. The fourth-order valence-corrected chi connectivity index (χ4v) is 2.01. The lowest BCUT2D eigenvalue weighted by atomic mass is 10.2. The van der Waals surface area contributed by atoms with Gasteiger partial charge in [0.05, 0.1) is 19.6 Å². The first kappa shape index (κ1) is 17.2. The Labute approximate surface area is 124 Å². The van der Waals surface area contributed by atoms with Crippen molar-refractivity contribution in [1.29, 1.82) is 0 Å². The van der Waals surface area contributed by atoms with E-state index in [4.69, 9.17) is 9.84 Å². The Morgan fingerprint density at radius 2 is 2.10 bits per heavy atom. The van der Waals surface area contributed by atoms with Crippen molar-refractivity contribution in [2.45, 2.75) is 32.4 Å². The van der Waals surface area contributed by atoms with Crippen molar-refractivity contribution < 1.29 is 24.2 Å². The van der Waals surface area contributed by atoms with Crippen molar-refractivity contribution in [2.24, 2.45) is 0 Å². The molecule has 0 spiro atoms. The van der Waals surface area contributed by atoms with Crippen molar-refractivity contribution in [3.8, 4) is 0 Å². The molecule has 0 bridgehead atoms. The standard InChI is InChI=1S/C13H23N3O5/c1-9(2)14-12(19)10-8-21-7-6-16(10)13(20)15(3)5-4-11(17)18/h9-10H,4-8H2,1-3H3,(H,14,19)(H,17,18). The molecule has 21 heavy (non-hydrogen) atoms. The van der Waals surface area contributed by atoms with Gasteiger partial charge in [-0.3, -0.25) is 9.59 Å². The summed E-state index contributed by atoms with van der Waals surface area (Å²) < 4.78 is 5.28. The van der Waals surface area contributed by atoms with Crippen LogP contribution in [0.2, 0.25) is 0 Å². The zero-order valence-electron chi connectivity index (χ0n) is 12.7. The molecular formula is C13H23N3O5. The molecule has 8 nitrogen and oxygen atoms in total. The van der Waals surface area contributed by atoms with E-state index >= 15 is 0 Å². The number of carboxylic acids is 1. The third-order valence-corrected chi connectivity index (χ3v) is 3.10. The maximum atomic E-state index is 12.3. The average molecular weight is 301 g/mol. The number of hydrogen-bond donors (Lipinski definition) is 2. The first-order chi connectivity index (χ1) is 9.82. The van der Waals surface area contributed by atoms with Gasteiger partial charge < -0.3 is 25.0 Å². The van der Waals surface area contributed by atoms with Crippen LogP contribution in [0.1, 0.15) is 20.3 Å². The maximum absolute atomic E-state index is 12.3. The SMILES string of the molecule is CC(C)NC(=O)C1COCCN1C(=O)N(C)CCC(=O)O. The molecule has 2 N–H and O–H groups in total. The van der Waals surface area contributed by atoms with Crippen molar-refractivity contribution >= 4 is 17.9 Å². The van der Waals surface area contributed by atoms with Gasteiger partial charge >= 0.3 is 12.0 Å². The largest absolute Gasteiger partial charge is 0.481 e. The summed E-state index contributed by atoms with van der Waals surface area (Å²) in [5.74, 6) is -1.23. The molecule has 1 rings (SSSR count). The van der Waals surface area contributed by atoms with Crippen LogP contribution in [0.3, 0.4) is 0 Å². The van der Waals surface area contributed by atoms with Crippen molar-refractivity contribution in [2.75, 3.05) is 33.4 Å². The van der Waals surface area contributed by atoms with E-state index in [9.17, 15) is 14.4 Å². The lowest BCUT2D eigenvalue weighted by Crippen LogP contribution is -2.59. The molecule has 0 radical (unpaired) electrons. The number of carbonyl (C=O) groups is 3. The highest BCUT2D eigenvalue weighted by atomic mass is 16.5. The highest BCUT2D eigenvalue weighted by molar-refractivity contribution is 5.87. The van der Waals surface area contributed by atoms with Crippen LogP contribution in [-0.2, 0) is 14.3 Å². The minimum absolute atomic E-state index is 0.0267. The first-order valence-corrected chi connectivity index (χ1v) is 6.94. The topological polar surface area (TPSA) is 99.2 Å². The van der Waals surface area contributed by atoms with Crippen LogP contribution in [0, 0.1) is 0 Å². The average Bonchev–Trinajstić information content (AvgIpc) is 2.43. The van der Waals surface area contributed by atoms with Gasteiger partial charge in [-0.1, -0.05) is 0 Å². The van der Waals surface area contributed by atoms with Crippen LogP contribution < -0.4 is 5.32 Å². The van der Waals surface area contributed by atoms with Gasteiger partial charge in [0.2, 0.25) is 5.91 Å². The van der Waals surface area contributed by atoms with Crippen LogP contribution in [-0.4, -0.2) is 78.2 Å². The third kappa shape index (κ3) is 5.22. The zero-order valence-corrected chi connectivity index (χ0v) is 12.7. The molecule has 1 saturated heterocycles. The number of carbonyl (C=O) groups excluding carboxylic acids is 2. The van der Waals surface area contributed by atoms with E-state index in [1.165, 1.54) is 16.8 Å². The molecule has 0 saturated carbocycles. The highest BCUT2D eigenvalue weighted by Crippen LogP contribution is 2.11. The van der Waals surface area contributed by atoms with E-state index in [0.29, 0.717) is 13.2 Å². The molecule has 120 valence electrons. The number of ether oxygens (including phenoxy) is 1. The van der Waals surface area contributed by atoms with E-state index in [-0.39, 0.29) is 37.6 Å². The number of nitrogens with one attached hydrogen (secondary N) is 1. The number of aliphatic carboxylic acids is 1. The van der Waals surface area contributed by atoms with Gasteiger partial charge in [0.1, 0.15) is 6.04 Å². The molecule has 1 aliphatic heterocycles. The number of urea groups is 1. The fourth-order valence-electron chi connectivity index (χ4n) is 2.01. The Balaban J connectivity index is 2.69. The van der Waals surface area contributed by atoms with Gasteiger partial charge in [-0.25, -0.2) is 4.79 Å². The van der Waals surface area contributed by atoms with Gasteiger partial charge in [-0.05, 0) is 13.8 Å². The predicted molar refractivity (Wildman–Crippen MR) is 74.9 cm³/mol. The monoisotopic (exact) mass is 301 g/mol. The van der Waals surface area contributed by atoms with Crippen LogP contribution in [0.5, 0.6) is 0 Å². The van der Waals surface area contributed by atoms with E-state index in [2.05, 4.69) is 5.32 Å². The van der Waals surface area contributed by atoms with Gasteiger partial charge in [0, 0.05) is 26.2 Å². The second-order valence-corrected chi connectivity index (χ2v) is 5.30. The highest BCUT2D eigenvalue weighted by Gasteiger charge is 2.34. The Hall–Kier alpha value is -1.83. The predicted octanol–water partition coefficient (Wildman–Crippen LogP) is -0.262. The molecule has 1 fully saturated rings. The number of hydrogen-bond acceptors (Lipinski definition) is 4. The molecule has 0 aromatic carbocycles. The fraction of sp³-hybridized carbons (Fsp3) is 0.769. The summed E-state index contributed by atoms with van der Waals surface area (Å²) in [4.78, 5) is 37.8. The summed E-state index contributed by atoms with van der Waals surface area (Å²) in [6.45, 7) is 4.61. The Kier molecular flexibility index (Phi) is 6.41. The summed E-state index contributed by atoms with van der Waals surface area (Å²) >= 11 is 0. The quantitative estimate of drug-likeness (QED) is 0.729. The smallest absolute Gasteiger partial charge is 0.320 e. The molecule has 0 aromatic heterocycles. The Morgan fingerprint density at radius 1 is 1.43 bits per heavy atom. The van der Waals surface area contributed by atoms with Crippen LogP contribution in [0.4, 0.5) is 4.79 Å². The van der Waals surface area contributed by atoms with Crippen LogP contribution >= 0.6 is 0 Å². The zero-order chi connectivity index (χ0) is 16.0. The Bertz CT molecular complexity index is 399. The summed E-state index contributed by atoms with van der Waals surface area (Å²) in [6.07, 6.45) is -0.130. The number of amides is 3. The van der Waals surface area contributed by atoms with Gasteiger partial charge in [0.15, 0.2) is 0 Å². The minimum Gasteiger partial charge on any atom is -0.481 e. The maximum Gasteiger partial charge on any atom is 0.320 e. The molecular weight excluding hydrogens is 278 g/mol. The second kappa shape index (κ2) is 7.82. The van der Waals surface area contributed by atoms with Crippen molar-refractivity contribution in [3.05, 3.63) is 0 Å². The van der Waals surface area contributed by atoms with E-state index in [1.807, 2.05) is 13.8 Å². The van der Waals surface area contributed by atoms with E-state index in [0.717, 1.165) is 0 Å². The summed E-state index contributed by atoms with van der Waals surface area (Å²) in [6, 6.07) is -1.06. The first-order valence-electron chi connectivity index (χ1n) is 6.94. The summed E-state index contributed by atoms with van der Waals surface area (Å²) in [7, 11) is 1.53. The molecule has 1 aliphatic rings. The van der Waals surface area contributed by atoms with Gasteiger partial charge in [0.25, 0.3) is 0 Å². The van der Waals surface area contributed by atoms with E-state index < -0.39 is 12.0 Å². The van der Waals surface area contributed by atoms with E-state index in [1.54, 1.807) is 0 Å². The van der Waals surface area contributed by atoms with Crippen LogP contribution in [0.15, 0.2) is 0 Å². The molecule has 0 aromatic rings. The summed E-state index contributed by atoms with van der Waals surface area (Å²) in [5, 5.41) is 11.4. The second-order valence-electron chi connectivity index (χ2n) is 5.30.